The SMILES string of the molecule is C#CCN1[C@@H](CCCO)CCC[C@]12CCC[C@@H]2[C@@H](C)COc1ccc(OC)cc1. The average molecular weight is 400 g/mol. The molecule has 2 fully saturated rings. The summed E-state index contributed by atoms with van der Waals surface area (Å²) >= 11 is 0. The van der Waals surface area contributed by atoms with Gasteiger partial charge in [-0.25, -0.2) is 0 Å². The first kappa shape index (κ1) is 22.0. The van der Waals surface area contributed by atoms with Gasteiger partial charge >= 0.3 is 0 Å². The van der Waals surface area contributed by atoms with Crippen LogP contribution < -0.4 is 9.47 Å². The van der Waals surface area contributed by atoms with E-state index in [2.05, 4.69) is 17.7 Å². The summed E-state index contributed by atoms with van der Waals surface area (Å²) < 4.78 is 11.4. The van der Waals surface area contributed by atoms with Gasteiger partial charge in [0.05, 0.1) is 20.3 Å². The molecule has 1 saturated heterocycles. The minimum Gasteiger partial charge on any atom is -0.497 e. The quantitative estimate of drug-likeness (QED) is 0.621. The average Bonchev–Trinajstić information content (AvgIpc) is 3.17. The molecule has 0 unspecified atom stereocenters. The van der Waals surface area contributed by atoms with Crippen molar-refractivity contribution in [3.05, 3.63) is 24.3 Å². The van der Waals surface area contributed by atoms with E-state index in [-0.39, 0.29) is 12.1 Å². The highest BCUT2D eigenvalue weighted by atomic mass is 16.5. The first-order valence-electron chi connectivity index (χ1n) is 11.2. The second-order valence-corrected chi connectivity index (χ2v) is 8.81. The number of methoxy groups -OCH3 is 1. The highest BCUT2D eigenvalue weighted by molar-refractivity contribution is 5.31. The number of piperidine rings is 1. The summed E-state index contributed by atoms with van der Waals surface area (Å²) in [7, 11) is 1.68. The maximum absolute atomic E-state index is 9.34. The van der Waals surface area contributed by atoms with Gasteiger partial charge in [-0.15, -0.1) is 6.42 Å². The van der Waals surface area contributed by atoms with E-state index in [1.54, 1.807) is 7.11 Å². The zero-order valence-corrected chi connectivity index (χ0v) is 18.1. The number of terminal acetylenes is 1. The minimum atomic E-state index is 0.202. The molecule has 1 saturated carbocycles. The van der Waals surface area contributed by atoms with Crippen LogP contribution in [0.4, 0.5) is 0 Å². The molecule has 3 rings (SSSR count). The van der Waals surface area contributed by atoms with Gasteiger partial charge in [0.25, 0.3) is 0 Å². The summed E-state index contributed by atoms with van der Waals surface area (Å²) in [6, 6.07) is 8.34. The number of hydrogen-bond acceptors (Lipinski definition) is 4. The molecule has 1 spiro atoms. The highest BCUT2D eigenvalue weighted by Crippen LogP contribution is 2.51. The first-order valence-corrected chi connectivity index (χ1v) is 11.2. The van der Waals surface area contributed by atoms with Crippen molar-refractivity contribution in [3.63, 3.8) is 0 Å². The molecule has 1 aliphatic carbocycles. The second kappa shape index (κ2) is 10.4. The van der Waals surface area contributed by atoms with E-state index in [1.165, 1.54) is 38.5 Å². The van der Waals surface area contributed by atoms with Crippen LogP contribution in [-0.4, -0.2) is 48.5 Å². The van der Waals surface area contributed by atoms with Crippen molar-refractivity contribution in [2.75, 3.05) is 26.9 Å². The van der Waals surface area contributed by atoms with Crippen molar-refractivity contribution in [1.82, 2.24) is 4.90 Å². The Morgan fingerprint density at radius 2 is 1.90 bits per heavy atom. The van der Waals surface area contributed by atoms with Gasteiger partial charge in [0.2, 0.25) is 0 Å². The summed E-state index contributed by atoms with van der Waals surface area (Å²) in [4.78, 5) is 2.65. The van der Waals surface area contributed by atoms with Gasteiger partial charge in [0.15, 0.2) is 0 Å². The molecule has 0 bridgehead atoms. The lowest BCUT2D eigenvalue weighted by Gasteiger charge is -2.53. The van der Waals surface area contributed by atoms with Crippen molar-refractivity contribution < 1.29 is 14.6 Å². The normalized spacial score (nSPS) is 28.2. The lowest BCUT2D eigenvalue weighted by atomic mass is 9.71. The van der Waals surface area contributed by atoms with Crippen LogP contribution in [0, 0.1) is 24.2 Å². The molecule has 1 aromatic carbocycles. The standard InChI is InChI=1S/C25H37NO3/c1-4-17-26-21(9-7-18-27)8-5-15-25(26)16-6-10-24(25)20(2)19-29-23-13-11-22(28-3)12-14-23/h1,11-14,20-21,24,27H,5-10,15-19H2,2-3H3/t20-,21+,24+,25+/m0/s1. The molecule has 2 aliphatic rings. The number of benzene rings is 1. The number of aliphatic hydroxyl groups is 1. The molecular weight excluding hydrogens is 362 g/mol. The smallest absolute Gasteiger partial charge is 0.119 e. The van der Waals surface area contributed by atoms with Gasteiger partial charge in [-0.3, -0.25) is 4.90 Å². The molecule has 1 N–H and O–H groups in total. The Morgan fingerprint density at radius 3 is 2.55 bits per heavy atom. The van der Waals surface area contributed by atoms with Crippen LogP contribution in [-0.2, 0) is 0 Å². The van der Waals surface area contributed by atoms with E-state index >= 15 is 0 Å². The van der Waals surface area contributed by atoms with E-state index in [9.17, 15) is 5.11 Å². The van der Waals surface area contributed by atoms with Crippen molar-refractivity contribution in [2.45, 2.75) is 69.9 Å². The van der Waals surface area contributed by atoms with Crippen LogP contribution in [0.3, 0.4) is 0 Å². The molecule has 0 radical (unpaired) electrons. The van der Waals surface area contributed by atoms with E-state index in [0.29, 0.717) is 17.9 Å². The molecule has 1 aliphatic heterocycles. The third-order valence-corrected chi connectivity index (χ3v) is 7.19. The number of rotatable bonds is 9. The lowest BCUT2D eigenvalue weighted by molar-refractivity contribution is -0.0407. The Kier molecular flexibility index (Phi) is 7.86. The predicted molar refractivity (Wildman–Crippen MR) is 117 cm³/mol. The molecule has 4 nitrogen and oxygen atoms in total. The summed E-state index contributed by atoms with van der Waals surface area (Å²) in [5.74, 6) is 5.76. The molecule has 1 heterocycles. The zero-order valence-electron chi connectivity index (χ0n) is 18.1. The number of ether oxygens (including phenoxy) is 2. The molecule has 29 heavy (non-hydrogen) atoms. The molecule has 1 aromatic rings. The van der Waals surface area contributed by atoms with Crippen molar-refractivity contribution >= 4 is 0 Å². The Hall–Kier alpha value is -1.70. The summed E-state index contributed by atoms with van der Waals surface area (Å²) in [5.41, 5.74) is 0.202. The van der Waals surface area contributed by atoms with E-state index in [4.69, 9.17) is 15.9 Å². The monoisotopic (exact) mass is 399 g/mol. The van der Waals surface area contributed by atoms with E-state index < -0.39 is 0 Å². The summed E-state index contributed by atoms with van der Waals surface area (Å²) in [5, 5.41) is 9.34. The molecule has 4 heteroatoms. The minimum absolute atomic E-state index is 0.202. The van der Waals surface area contributed by atoms with Crippen LogP contribution in [0.5, 0.6) is 11.5 Å². The fourth-order valence-corrected chi connectivity index (χ4v) is 5.90. The Bertz CT molecular complexity index is 668. The van der Waals surface area contributed by atoms with Crippen molar-refractivity contribution in [1.29, 1.82) is 0 Å². The molecule has 4 atom stereocenters. The van der Waals surface area contributed by atoms with Crippen LogP contribution in [0.1, 0.15) is 58.3 Å². The zero-order chi connectivity index (χ0) is 20.7. The van der Waals surface area contributed by atoms with Crippen LogP contribution >= 0.6 is 0 Å². The molecule has 0 amide bonds. The number of nitrogens with zero attached hydrogens (tertiary/aromatic N) is 1. The van der Waals surface area contributed by atoms with Gasteiger partial charge in [-0.2, -0.15) is 0 Å². The second-order valence-electron chi connectivity index (χ2n) is 8.81. The first-order chi connectivity index (χ1) is 14.1. The third-order valence-electron chi connectivity index (χ3n) is 7.19. The Labute approximate surface area is 176 Å². The van der Waals surface area contributed by atoms with Crippen molar-refractivity contribution in [2.24, 2.45) is 11.8 Å². The van der Waals surface area contributed by atoms with Gasteiger partial charge in [-0.05, 0) is 74.6 Å². The lowest BCUT2D eigenvalue weighted by Crippen LogP contribution is -2.60. The fourth-order valence-electron chi connectivity index (χ4n) is 5.90. The van der Waals surface area contributed by atoms with Crippen LogP contribution in [0.15, 0.2) is 24.3 Å². The predicted octanol–water partition coefficient (Wildman–Crippen LogP) is 4.51. The van der Waals surface area contributed by atoms with Gasteiger partial charge < -0.3 is 14.6 Å². The van der Waals surface area contributed by atoms with Crippen molar-refractivity contribution in [3.8, 4) is 23.8 Å². The molecular formula is C25H37NO3. The largest absolute Gasteiger partial charge is 0.497 e. The Morgan fingerprint density at radius 1 is 1.21 bits per heavy atom. The van der Waals surface area contributed by atoms with E-state index in [0.717, 1.165) is 37.5 Å². The van der Waals surface area contributed by atoms with Gasteiger partial charge in [-0.1, -0.05) is 25.7 Å². The van der Waals surface area contributed by atoms with Gasteiger partial charge in [0, 0.05) is 18.2 Å². The van der Waals surface area contributed by atoms with Gasteiger partial charge in [0.1, 0.15) is 11.5 Å². The number of aliphatic hydroxyl groups excluding tert-OH is 1. The number of likely N-dealkylation sites (tertiary alicyclic amines) is 1. The maximum Gasteiger partial charge on any atom is 0.119 e. The number of hydrogen-bond donors (Lipinski definition) is 1. The topological polar surface area (TPSA) is 41.9 Å². The van der Waals surface area contributed by atoms with Crippen LogP contribution in [0.25, 0.3) is 0 Å². The highest BCUT2D eigenvalue weighted by Gasteiger charge is 2.52. The third kappa shape index (κ3) is 4.90. The maximum atomic E-state index is 9.34. The summed E-state index contributed by atoms with van der Waals surface area (Å²) in [6.45, 7) is 4.05. The van der Waals surface area contributed by atoms with Crippen LogP contribution in [0.2, 0.25) is 0 Å². The van der Waals surface area contributed by atoms with E-state index in [1.807, 2.05) is 24.3 Å². The molecule has 0 aromatic heterocycles. The Balaban J connectivity index is 1.70. The summed E-state index contributed by atoms with van der Waals surface area (Å²) in [6.07, 6.45) is 15.2. The molecule has 160 valence electrons. The fraction of sp³-hybridized carbons (Fsp3) is 0.680.